The average molecular weight is 386 g/mol. The van der Waals surface area contributed by atoms with Gasteiger partial charge >= 0.3 is 0 Å². The molecule has 0 aliphatic carbocycles. The van der Waals surface area contributed by atoms with Gasteiger partial charge in [-0.25, -0.2) is 8.42 Å². The number of benzene rings is 1. The summed E-state index contributed by atoms with van der Waals surface area (Å²) in [6.07, 6.45) is 0. The summed E-state index contributed by atoms with van der Waals surface area (Å²) in [6.45, 7) is 1.38. The van der Waals surface area contributed by atoms with E-state index in [2.05, 4.69) is 36.6 Å². The molecule has 94 valence electrons. The maximum Gasteiger partial charge on any atom is 0.242 e. The normalized spacial score (nSPS) is 13.4. The monoisotopic (exact) mass is 384 g/mol. The Balaban J connectivity index is 3.10. The van der Waals surface area contributed by atoms with E-state index in [4.69, 9.17) is 5.73 Å². The molecular formula is C9H10Br2N2O3S. The van der Waals surface area contributed by atoms with Gasteiger partial charge in [-0.15, -0.1) is 0 Å². The molecule has 17 heavy (non-hydrogen) atoms. The second-order valence-corrected chi connectivity index (χ2v) is 6.77. The highest BCUT2D eigenvalue weighted by Crippen LogP contribution is 2.25. The molecule has 0 saturated heterocycles. The highest BCUT2D eigenvalue weighted by atomic mass is 79.9. The fourth-order valence-electron chi connectivity index (χ4n) is 1.05. The first-order chi connectivity index (χ1) is 7.74. The van der Waals surface area contributed by atoms with Crippen LogP contribution in [-0.2, 0) is 14.8 Å². The van der Waals surface area contributed by atoms with E-state index >= 15 is 0 Å². The Kier molecular flexibility index (Phi) is 4.70. The molecule has 5 nitrogen and oxygen atoms in total. The fourth-order valence-corrected chi connectivity index (χ4v) is 4.01. The highest BCUT2D eigenvalue weighted by Gasteiger charge is 2.22. The van der Waals surface area contributed by atoms with Crippen molar-refractivity contribution in [1.82, 2.24) is 4.72 Å². The van der Waals surface area contributed by atoms with Gasteiger partial charge < -0.3 is 5.73 Å². The summed E-state index contributed by atoms with van der Waals surface area (Å²) in [7, 11) is -3.77. The van der Waals surface area contributed by atoms with Crippen LogP contribution in [0.15, 0.2) is 32.0 Å². The Morgan fingerprint density at radius 3 is 2.47 bits per heavy atom. The molecule has 0 aromatic heterocycles. The molecule has 0 heterocycles. The number of rotatable bonds is 4. The van der Waals surface area contributed by atoms with Crippen LogP contribution in [0.2, 0.25) is 0 Å². The zero-order valence-corrected chi connectivity index (χ0v) is 12.8. The number of nitrogens with two attached hydrogens (primary N) is 1. The molecule has 3 N–H and O–H groups in total. The smallest absolute Gasteiger partial charge is 0.242 e. The van der Waals surface area contributed by atoms with E-state index in [0.29, 0.717) is 4.47 Å². The van der Waals surface area contributed by atoms with Crippen molar-refractivity contribution in [2.24, 2.45) is 5.73 Å². The van der Waals surface area contributed by atoms with Gasteiger partial charge in [0.15, 0.2) is 0 Å². The summed E-state index contributed by atoms with van der Waals surface area (Å²) in [5.41, 5.74) is 5.00. The largest absolute Gasteiger partial charge is 0.368 e. The summed E-state index contributed by atoms with van der Waals surface area (Å²) in [6, 6.07) is 3.65. The molecule has 1 rings (SSSR count). The van der Waals surface area contributed by atoms with Crippen LogP contribution >= 0.6 is 31.9 Å². The molecule has 8 heteroatoms. The number of amides is 1. The number of carbonyl (C=O) groups excluding carboxylic acids is 1. The molecule has 0 fully saturated rings. The van der Waals surface area contributed by atoms with E-state index in [9.17, 15) is 13.2 Å². The summed E-state index contributed by atoms with van der Waals surface area (Å²) < 4.78 is 27.2. The van der Waals surface area contributed by atoms with Crippen LogP contribution in [-0.4, -0.2) is 20.4 Å². The van der Waals surface area contributed by atoms with Crippen LogP contribution in [0.3, 0.4) is 0 Å². The van der Waals surface area contributed by atoms with Crippen LogP contribution in [0.25, 0.3) is 0 Å². The first-order valence-electron chi connectivity index (χ1n) is 4.51. The molecule has 0 radical (unpaired) electrons. The van der Waals surface area contributed by atoms with Crippen molar-refractivity contribution in [1.29, 1.82) is 0 Å². The van der Waals surface area contributed by atoms with E-state index in [0.717, 1.165) is 4.47 Å². The predicted molar refractivity (Wildman–Crippen MR) is 70.8 cm³/mol. The van der Waals surface area contributed by atoms with E-state index < -0.39 is 22.0 Å². The highest BCUT2D eigenvalue weighted by molar-refractivity contribution is 9.11. The van der Waals surface area contributed by atoms with E-state index in [1.165, 1.54) is 13.0 Å². The summed E-state index contributed by atoms with van der Waals surface area (Å²) in [4.78, 5) is 10.9. The second-order valence-electron chi connectivity index (χ2n) is 3.32. The number of sulfonamides is 1. The Hall–Kier alpha value is -0.440. The van der Waals surface area contributed by atoms with E-state index in [1.807, 2.05) is 0 Å². The lowest BCUT2D eigenvalue weighted by Gasteiger charge is -2.12. The van der Waals surface area contributed by atoms with Crippen molar-refractivity contribution >= 4 is 47.8 Å². The van der Waals surface area contributed by atoms with Crippen molar-refractivity contribution in [3.8, 4) is 0 Å². The second kappa shape index (κ2) is 5.47. The zero-order valence-electron chi connectivity index (χ0n) is 8.78. The zero-order chi connectivity index (χ0) is 13.2. The molecule has 0 saturated carbocycles. The standard InChI is InChI=1S/C9H10Br2N2O3S/c1-5(9(12)14)13-17(15,16)8-3-2-6(10)4-7(8)11/h2-5,13H,1H3,(H2,12,14). The van der Waals surface area contributed by atoms with Crippen LogP contribution in [0, 0.1) is 0 Å². The lowest BCUT2D eigenvalue weighted by atomic mass is 10.4. The van der Waals surface area contributed by atoms with Gasteiger partial charge in [-0.2, -0.15) is 4.72 Å². The molecule has 1 aromatic carbocycles. The van der Waals surface area contributed by atoms with Crippen molar-refractivity contribution < 1.29 is 13.2 Å². The van der Waals surface area contributed by atoms with E-state index in [1.54, 1.807) is 12.1 Å². The molecule has 0 bridgehead atoms. The molecular weight excluding hydrogens is 376 g/mol. The fraction of sp³-hybridized carbons (Fsp3) is 0.222. The maximum atomic E-state index is 11.9. The molecule has 0 aliphatic heterocycles. The molecule has 1 unspecified atom stereocenters. The Morgan fingerprint density at radius 2 is 2.00 bits per heavy atom. The Labute approximate surface area is 116 Å². The van der Waals surface area contributed by atoms with Crippen LogP contribution in [0.1, 0.15) is 6.92 Å². The number of halogens is 2. The topological polar surface area (TPSA) is 89.3 Å². The van der Waals surface area contributed by atoms with Crippen LogP contribution in [0.5, 0.6) is 0 Å². The molecule has 1 atom stereocenters. The number of hydrogen-bond donors (Lipinski definition) is 2. The maximum absolute atomic E-state index is 11.9. The number of carbonyl (C=O) groups is 1. The molecule has 1 amide bonds. The van der Waals surface area contributed by atoms with Gasteiger partial charge in [0.2, 0.25) is 15.9 Å². The minimum atomic E-state index is -3.77. The van der Waals surface area contributed by atoms with Crippen molar-refractivity contribution in [2.45, 2.75) is 17.9 Å². The van der Waals surface area contributed by atoms with Crippen molar-refractivity contribution in [3.05, 3.63) is 27.1 Å². The number of hydrogen-bond acceptors (Lipinski definition) is 3. The van der Waals surface area contributed by atoms with Gasteiger partial charge in [-0.1, -0.05) is 15.9 Å². The summed E-state index contributed by atoms with van der Waals surface area (Å²) >= 11 is 6.36. The van der Waals surface area contributed by atoms with Crippen LogP contribution in [0.4, 0.5) is 0 Å². The Morgan fingerprint density at radius 1 is 1.41 bits per heavy atom. The van der Waals surface area contributed by atoms with Crippen molar-refractivity contribution in [2.75, 3.05) is 0 Å². The van der Waals surface area contributed by atoms with Gasteiger partial charge in [-0.3, -0.25) is 4.79 Å². The number of nitrogens with one attached hydrogen (secondary N) is 1. The van der Waals surface area contributed by atoms with Gasteiger partial charge in [0.1, 0.15) is 0 Å². The van der Waals surface area contributed by atoms with Crippen LogP contribution < -0.4 is 10.5 Å². The van der Waals surface area contributed by atoms with Gasteiger partial charge in [0.25, 0.3) is 0 Å². The predicted octanol–water partition coefficient (Wildman–Crippen LogP) is 1.36. The minimum Gasteiger partial charge on any atom is -0.368 e. The summed E-state index contributed by atoms with van der Waals surface area (Å²) in [5, 5.41) is 0. The third-order valence-corrected chi connectivity index (χ3v) is 4.95. The molecule has 0 spiro atoms. The first kappa shape index (κ1) is 14.6. The minimum absolute atomic E-state index is 0.0498. The summed E-state index contributed by atoms with van der Waals surface area (Å²) in [5.74, 6) is -0.734. The quantitative estimate of drug-likeness (QED) is 0.819. The van der Waals surface area contributed by atoms with Gasteiger partial charge in [-0.05, 0) is 41.1 Å². The van der Waals surface area contributed by atoms with E-state index in [-0.39, 0.29) is 4.90 Å². The first-order valence-corrected chi connectivity index (χ1v) is 7.57. The number of primary amides is 1. The third-order valence-electron chi connectivity index (χ3n) is 1.94. The SMILES string of the molecule is CC(NS(=O)(=O)c1ccc(Br)cc1Br)C(N)=O. The third kappa shape index (κ3) is 3.77. The Bertz CT molecular complexity index is 545. The van der Waals surface area contributed by atoms with Crippen molar-refractivity contribution in [3.63, 3.8) is 0 Å². The molecule has 1 aromatic rings. The van der Waals surface area contributed by atoms with Gasteiger partial charge in [0, 0.05) is 8.95 Å². The van der Waals surface area contributed by atoms with Gasteiger partial charge in [0.05, 0.1) is 10.9 Å². The molecule has 0 aliphatic rings. The lowest BCUT2D eigenvalue weighted by molar-refractivity contribution is -0.119. The average Bonchev–Trinajstić information content (AvgIpc) is 2.15. The lowest BCUT2D eigenvalue weighted by Crippen LogP contribution is -2.42.